The largest absolute Gasteiger partial charge is 0.320 e. The van der Waals surface area contributed by atoms with Crippen molar-refractivity contribution in [3.05, 3.63) is 65.5 Å². The molecule has 0 aliphatic rings. The number of carbonyl (C=O) groups is 1. The summed E-state index contributed by atoms with van der Waals surface area (Å²) in [4.78, 5) is 21.1. The van der Waals surface area contributed by atoms with Crippen LogP contribution in [0.15, 0.2) is 48.7 Å². The highest BCUT2D eigenvalue weighted by atomic mass is 16.1. The Morgan fingerprint density at radius 2 is 1.81 bits per heavy atom. The molecule has 0 saturated heterocycles. The number of aryl methyl sites for hydroxylation is 2. The number of hydrogen-bond acceptors (Lipinski definition) is 3. The second-order valence-corrected chi connectivity index (χ2v) is 5.00. The average Bonchev–Trinajstić information content (AvgIpc) is 2.48. The van der Waals surface area contributed by atoms with Gasteiger partial charge in [0.2, 0.25) is 0 Å². The molecule has 21 heavy (non-hydrogen) atoms. The molecular formula is C17H15N3O. The van der Waals surface area contributed by atoms with Gasteiger partial charge in [-0.2, -0.15) is 0 Å². The van der Waals surface area contributed by atoms with Crippen LogP contribution in [0.4, 0.5) is 5.69 Å². The van der Waals surface area contributed by atoms with Crippen molar-refractivity contribution in [2.45, 2.75) is 13.8 Å². The van der Waals surface area contributed by atoms with Gasteiger partial charge in [-0.25, -0.2) is 4.98 Å². The van der Waals surface area contributed by atoms with Crippen molar-refractivity contribution in [3.63, 3.8) is 0 Å². The second kappa shape index (κ2) is 5.32. The molecule has 1 aromatic heterocycles. The molecule has 0 aliphatic carbocycles. The molecule has 4 heteroatoms. The topological polar surface area (TPSA) is 54.9 Å². The number of nitrogens with one attached hydrogen (secondary N) is 1. The number of rotatable bonds is 2. The van der Waals surface area contributed by atoms with Crippen LogP contribution in [0.25, 0.3) is 11.0 Å². The standard InChI is InChI=1S/C17H15N3O/c1-11-6-8-13(9-7-11)17(21)20-15-5-3-4-14-16(15)19-12(2)10-18-14/h3-10H,1-2H3,(H,20,21). The summed E-state index contributed by atoms with van der Waals surface area (Å²) in [6.45, 7) is 3.87. The highest BCUT2D eigenvalue weighted by Gasteiger charge is 2.09. The van der Waals surface area contributed by atoms with Gasteiger partial charge in [-0.05, 0) is 38.1 Å². The quantitative estimate of drug-likeness (QED) is 0.780. The average molecular weight is 277 g/mol. The third kappa shape index (κ3) is 2.74. The van der Waals surface area contributed by atoms with E-state index in [-0.39, 0.29) is 5.91 Å². The van der Waals surface area contributed by atoms with Crippen molar-refractivity contribution >= 4 is 22.6 Å². The number of para-hydroxylation sites is 1. The van der Waals surface area contributed by atoms with E-state index in [0.717, 1.165) is 16.8 Å². The maximum atomic E-state index is 12.3. The van der Waals surface area contributed by atoms with Gasteiger partial charge in [0.15, 0.2) is 0 Å². The van der Waals surface area contributed by atoms with E-state index in [9.17, 15) is 4.79 Å². The van der Waals surface area contributed by atoms with Crippen LogP contribution in [0.3, 0.4) is 0 Å². The number of aromatic nitrogens is 2. The van der Waals surface area contributed by atoms with E-state index in [1.807, 2.05) is 56.3 Å². The summed E-state index contributed by atoms with van der Waals surface area (Å²) in [6.07, 6.45) is 1.72. The highest BCUT2D eigenvalue weighted by Crippen LogP contribution is 2.20. The zero-order chi connectivity index (χ0) is 14.8. The van der Waals surface area contributed by atoms with Gasteiger partial charge in [0, 0.05) is 11.8 Å². The Hall–Kier alpha value is -2.75. The van der Waals surface area contributed by atoms with E-state index >= 15 is 0 Å². The van der Waals surface area contributed by atoms with Crippen LogP contribution in [0, 0.1) is 13.8 Å². The molecule has 2 aromatic carbocycles. The first-order valence-corrected chi connectivity index (χ1v) is 6.74. The molecule has 4 nitrogen and oxygen atoms in total. The smallest absolute Gasteiger partial charge is 0.255 e. The van der Waals surface area contributed by atoms with Gasteiger partial charge in [0.25, 0.3) is 5.91 Å². The number of benzene rings is 2. The molecule has 0 fully saturated rings. The molecule has 0 unspecified atom stereocenters. The lowest BCUT2D eigenvalue weighted by Gasteiger charge is -2.08. The van der Waals surface area contributed by atoms with Crippen molar-refractivity contribution in [2.75, 3.05) is 5.32 Å². The summed E-state index contributed by atoms with van der Waals surface area (Å²) in [6, 6.07) is 13.0. The summed E-state index contributed by atoms with van der Waals surface area (Å²) in [7, 11) is 0. The number of nitrogens with zero attached hydrogens (tertiary/aromatic N) is 2. The number of carbonyl (C=O) groups excluding carboxylic acids is 1. The summed E-state index contributed by atoms with van der Waals surface area (Å²) >= 11 is 0. The van der Waals surface area contributed by atoms with Crippen molar-refractivity contribution in [1.82, 2.24) is 9.97 Å². The molecule has 104 valence electrons. The molecule has 0 bridgehead atoms. The third-order valence-electron chi connectivity index (χ3n) is 3.26. The van der Waals surface area contributed by atoms with Crippen LogP contribution in [0.2, 0.25) is 0 Å². The molecule has 0 aliphatic heterocycles. The number of hydrogen-bond donors (Lipinski definition) is 1. The first-order chi connectivity index (χ1) is 10.1. The summed E-state index contributed by atoms with van der Waals surface area (Å²) in [5, 5.41) is 2.91. The molecule has 1 N–H and O–H groups in total. The van der Waals surface area contributed by atoms with Crippen molar-refractivity contribution in [3.8, 4) is 0 Å². The van der Waals surface area contributed by atoms with E-state index in [0.29, 0.717) is 16.8 Å². The summed E-state index contributed by atoms with van der Waals surface area (Å²) in [5.41, 5.74) is 4.71. The van der Waals surface area contributed by atoms with Crippen LogP contribution in [0.5, 0.6) is 0 Å². The molecular weight excluding hydrogens is 262 g/mol. The van der Waals surface area contributed by atoms with E-state index in [1.54, 1.807) is 6.20 Å². The van der Waals surface area contributed by atoms with Crippen LogP contribution < -0.4 is 5.32 Å². The minimum Gasteiger partial charge on any atom is -0.320 e. The monoisotopic (exact) mass is 277 g/mol. The van der Waals surface area contributed by atoms with Crippen molar-refractivity contribution in [2.24, 2.45) is 0 Å². The van der Waals surface area contributed by atoms with Crippen LogP contribution >= 0.6 is 0 Å². The van der Waals surface area contributed by atoms with Crippen molar-refractivity contribution in [1.29, 1.82) is 0 Å². The Balaban J connectivity index is 1.96. The predicted molar refractivity (Wildman–Crippen MR) is 83.4 cm³/mol. The molecule has 0 saturated carbocycles. The van der Waals surface area contributed by atoms with Gasteiger partial charge >= 0.3 is 0 Å². The van der Waals surface area contributed by atoms with Crippen molar-refractivity contribution < 1.29 is 4.79 Å². The Morgan fingerprint density at radius 3 is 2.57 bits per heavy atom. The minimum absolute atomic E-state index is 0.147. The zero-order valence-corrected chi connectivity index (χ0v) is 11.9. The maximum absolute atomic E-state index is 12.3. The fraction of sp³-hybridized carbons (Fsp3) is 0.118. The summed E-state index contributed by atoms with van der Waals surface area (Å²) in [5.74, 6) is -0.147. The number of amides is 1. The molecule has 0 atom stereocenters. The Bertz CT molecular complexity index is 810. The molecule has 1 amide bonds. The Labute approximate surface area is 122 Å². The third-order valence-corrected chi connectivity index (χ3v) is 3.26. The lowest BCUT2D eigenvalue weighted by atomic mass is 10.1. The van der Waals surface area contributed by atoms with Crippen LogP contribution in [0.1, 0.15) is 21.6 Å². The Kier molecular flexibility index (Phi) is 3.36. The lowest BCUT2D eigenvalue weighted by Crippen LogP contribution is -2.12. The van der Waals surface area contributed by atoms with Crippen LogP contribution in [-0.2, 0) is 0 Å². The number of anilines is 1. The molecule has 3 aromatic rings. The summed E-state index contributed by atoms with van der Waals surface area (Å²) < 4.78 is 0. The second-order valence-electron chi connectivity index (χ2n) is 5.00. The first kappa shape index (κ1) is 13.2. The lowest BCUT2D eigenvalue weighted by molar-refractivity contribution is 0.102. The Morgan fingerprint density at radius 1 is 1.05 bits per heavy atom. The zero-order valence-electron chi connectivity index (χ0n) is 11.9. The molecule has 0 spiro atoms. The molecule has 0 radical (unpaired) electrons. The number of fused-ring (bicyclic) bond motifs is 1. The van der Waals surface area contributed by atoms with Gasteiger partial charge in [-0.15, -0.1) is 0 Å². The van der Waals surface area contributed by atoms with E-state index in [1.165, 1.54) is 0 Å². The van der Waals surface area contributed by atoms with Gasteiger partial charge in [-0.1, -0.05) is 23.8 Å². The normalized spacial score (nSPS) is 10.6. The van der Waals surface area contributed by atoms with Gasteiger partial charge in [-0.3, -0.25) is 9.78 Å². The molecule has 1 heterocycles. The predicted octanol–water partition coefficient (Wildman–Crippen LogP) is 3.50. The minimum atomic E-state index is -0.147. The fourth-order valence-electron chi connectivity index (χ4n) is 2.12. The van der Waals surface area contributed by atoms with Gasteiger partial charge in [0.05, 0.1) is 16.9 Å². The highest BCUT2D eigenvalue weighted by molar-refractivity contribution is 6.07. The SMILES string of the molecule is Cc1ccc(C(=O)Nc2cccc3ncc(C)nc23)cc1. The van der Waals surface area contributed by atoms with Gasteiger partial charge in [0.1, 0.15) is 5.52 Å². The van der Waals surface area contributed by atoms with Gasteiger partial charge < -0.3 is 5.32 Å². The maximum Gasteiger partial charge on any atom is 0.255 e. The van der Waals surface area contributed by atoms with E-state index in [4.69, 9.17) is 0 Å². The fourth-order valence-corrected chi connectivity index (χ4v) is 2.12. The molecule has 3 rings (SSSR count). The van der Waals surface area contributed by atoms with Crippen LogP contribution in [-0.4, -0.2) is 15.9 Å². The first-order valence-electron chi connectivity index (χ1n) is 6.74. The van der Waals surface area contributed by atoms with E-state index < -0.39 is 0 Å². The van der Waals surface area contributed by atoms with E-state index in [2.05, 4.69) is 15.3 Å².